The molecule has 0 bridgehead atoms. The maximum atomic E-state index is 2.62. The van der Waals surface area contributed by atoms with Gasteiger partial charge in [-0.3, -0.25) is 0 Å². The van der Waals surface area contributed by atoms with Crippen LogP contribution in [0.25, 0.3) is 119 Å². The minimum atomic E-state index is 0.167. The third kappa shape index (κ3) is 7.05. The highest BCUT2D eigenvalue weighted by Gasteiger charge is 2.36. The van der Waals surface area contributed by atoms with E-state index in [9.17, 15) is 0 Å². The first-order valence-electron chi connectivity index (χ1n) is 28.7. The SMILES string of the molecule is C1=CCC(n2c3ccccc3c3cccc(CCC4=C5C=CC=CC5C(c5cccc6c5sc5ccc(-c7c8ccccc8c(-c8cccc9c%10ccccc%10n(-c%10ccccc%10)c89)c8ccccc78)cc56)c5ccccc54)c32)C=C1. The molecule has 3 aliphatic rings. The lowest BCUT2D eigenvalue weighted by atomic mass is 9.67. The van der Waals surface area contributed by atoms with Gasteiger partial charge in [-0.25, -0.2) is 0 Å². The molecular formula is C78H54N2S. The van der Waals surface area contributed by atoms with Crippen LogP contribution in [0.15, 0.2) is 279 Å². The largest absolute Gasteiger partial charge is 0.333 e. The maximum Gasteiger partial charge on any atom is 0.0619 e. The molecule has 3 atom stereocenters. The number of hydrogen-bond donors (Lipinski definition) is 0. The van der Waals surface area contributed by atoms with Crippen molar-refractivity contribution in [1.82, 2.24) is 9.13 Å². The number of para-hydroxylation sites is 5. The van der Waals surface area contributed by atoms with Crippen LogP contribution in [0.4, 0.5) is 0 Å². The average molecular weight is 1050 g/mol. The molecule has 0 saturated heterocycles. The minimum absolute atomic E-state index is 0.167. The molecule has 0 aliphatic heterocycles. The zero-order chi connectivity index (χ0) is 53.1. The van der Waals surface area contributed by atoms with Gasteiger partial charge in [0.05, 0.1) is 22.6 Å². The summed E-state index contributed by atoms with van der Waals surface area (Å²) in [5.74, 6) is 0.378. The van der Waals surface area contributed by atoms with Gasteiger partial charge in [0.15, 0.2) is 0 Å². The standard InChI is InChI=1S/C78H54N2S/c1-3-23-51(24-4-1)79-70-42-17-15-29-56(70)64-37-19-22-49(76(64)79)44-46-55-53-27-7-9-31-58(53)75(59-32-10-8-28-54(55)59)68-41-21-39-66-69-48-50(45-47-72(69)81-78(66)68)73-60-33-11-13-35-62(60)74(63-36-14-12-34-61(63)73)67-40-20-38-65-57-30-16-18-43-71(57)80(77(65)67)52-25-5-2-6-26-52/h1-23,25-43,45,47-48,51,58,75H,24,44,46H2. The van der Waals surface area contributed by atoms with Crippen LogP contribution in [0.2, 0.25) is 0 Å². The highest BCUT2D eigenvalue weighted by molar-refractivity contribution is 7.26. The van der Waals surface area contributed by atoms with Gasteiger partial charge >= 0.3 is 0 Å². The van der Waals surface area contributed by atoms with Crippen molar-refractivity contribution in [2.75, 3.05) is 0 Å². The molecule has 81 heavy (non-hydrogen) atoms. The van der Waals surface area contributed by atoms with Gasteiger partial charge in [-0.2, -0.15) is 0 Å². The third-order valence-electron chi connectivity index (χ3n) is 18.2. The van der Waals surface area contributed by atoms with Crippen LogP contribution in [0.3, 0.4) is 0 Å². The van der Waals surface area contributed by atoms with Crippen molar-refractivity contribution in [3.8, 4) is 27.9 Å². The molecule has 3 unspecified atom stereocenters. The summed E-state index contributed by atoms with van der Waals surface area (Å²) in [6, 6.07) is 84.9. The summed E-state index contributed by atoms with van der Waals surface area (Å²) in [6.45, 7) is 0. The number of aromatic nitrogens is 2. The van der Waals surface area contributed by atoms with Crippen molar-refractivity contribution in [1.29, 1.82) is 0 Å². The Morgan fingerprint density at radius 3 is 1.84 bits per heavy atom. The first-order valence-corrected chi connectivity index (χ1v) is 29.5. The molecular weight excluding hydrogens is 997 g/mol. The van der Waals surface area contributed by atoms with E-state index >= 15 is 0 Å². The van der Waals surface area contributed by atoms with E-state index in [0.717, 1.165) is 24.9 Å². The topological polar surface area (TPSA) is 9.86 Å². The van der Waals surface area contributed by atoms with Crippen molar-refractivity contribution >= 4 is 102 Å². The molecule has 3 heterocycles. The van der Waals surface area contributed by atoms with Crippen molar-refractivity contribution in [3.05, 3.63) is 301 Å². The summed E-state index contributed by atoms with van der Waals surface area (Å²) in [4.78, 5) is 0. The summed E-state index contributed by atoms with van der Waals surface area (Å²) < 4.78 is 7.80. The van der Waals surface area contributed by atoms with Gasteiger partial charge in [0.25, 0.3) is 0 Å². The van der Waals surface area contributed by atoms with Crippen LogP contribution in [0.5, 0.6) is 0 Å². The van der Waals surface area contributed by atoms with Gasteiger partial charge in [0.2, 0.25) is 0 Å². The molecule has 0 fully saturated rings. The number of rotatable bonds is 8. The molecule has 14 aromatic rings. The van der Waals surface area contributed by atoms with E-state index in [0.29, 0.717) is 0 Å². The Labute approximate surface area is 474 Å². The molecule has 0 amide bonds. The number of aryl methyl sites for hydroxylation is 1. The summed E-state index contributed by atoms with van der Waals surface area (Å²) in [6.07, 6.45) is 21.5. The number of nitrogens with zero attached hydrogens (tertiary/aromatic N) is 2. The second-order valence-corrected chi connectivity index (χ2v) is 23.4. The fourth-order valence-electron chi connectivity index (χ4n) is 14.9. The summed E-state index contributed by atoms with van der Waals surface area (Å²) in [5, 5.41) is 12.9. The summed E-state index contributed by atoms with van der Waals surface area (Å²) >= 11 is 1.96. The fraction of sp³-hybridized carbons (Fsp3) is 0.0769. The normalized spacial score (nSPS) is 16.8. The van der Waals surface area contributed by atoms with E-state index in [1.165, 1.54) is 141 Å². The second kappa shape index (κ2) is 18.5. The predicted octanol–water partition coefficient (Wildman–Crippen LogP) is 21.2. The van der Waals surface area contributed by atoms with Crippen molar-refractivity contribution in [3.63, 3.8) is 0 Å². The minimum Gasteiger partial charge on any atom is -0.333 e. The first kappa shape index (κ1) is 46.4. The molecule has 382 valence electrons. The molecule has 11 aromatic carbocycles. The Balaban J connectivity index is 0.793. The Hall–Kier alpha value is -9.54. The van der Waals surface area contributed by atoms with E-state index in [-0.39, 0.29) is 17.9 Å². The van der Waals surface area contributed by atoms with Gasteiger partial charge in [-0.15, -0.1) is 11.3 Å². The van der Waals surface area contributed by atoms with Gasteiger partial charge in [0.1, 0.15) is 0 Å². The first-order chi connectivity index (χ1) is 40.2. The number of allylic oxidation sites excluding steroid dienone is 10. The number of thiophene rings is 1. The predicted molar refractivity (Wildman–Crippen MR) is 346 cm³/mol. The number of fused-ring (bicyclic) bond motifs is 13. The second-order valence-electron chi connectivity index (χ2n) is 22.4. The van der Waals surface area contributed by atoms with Gasteiger partial charge in [-0.1, -0.05) is 237 Å². The highest BCUT2D eigenvalue weighted by Crippen LogP contribution is 2.54. The molecule has 0 N–H and O–H groups in total. The van der Waals surface area contributed by atoms with Crippen LogP contribution in [-0.4, -0.2) is 9.13 Å². The third-order valence-corrected chi connectivity index (χ3v) is 19.4. The molecule has 17 rings (SSSR count). The van der Waals surface area contributed by atoms with Crippen molar-refractivity contribution in [2.45, 2.75) is 31.2 Å². The highest BCUT2D eigenvalue weighted by atomic mass is 32.1. The molecule has 0 spiro atoms. The van der Waals surface area contributed by atoms with Crippen molar-refractivity contribution in [2.24, 2.45) is 5.92 Å². The smallest absolute Gasteiger partial charge is 0.0619 e. The van der Waals surface area contributed by atoms with Gasteiger partial charge < -0.3 is 9.13 Å². The molecule has 0 radical (unpaired) electrons. The quantitative estimate of drug-likeness (QED) is 0.134. The average Bonchev–Trinajstić information content (AvgIpc) is 4.43. The zero-order valence-electron chi connectivity index (χ0n) is 44.6. The van der Waals surface area contributed by atoms with Crippen LogP contribution < -0.4 is 0 Å². The lowest BCUT2D eigenvalue weighted by Gasteiger charge is -2.37. The van der Waals surface area contributed by atoms with Crippen LogP contribution in [0.1, 0.15) is 47.1 Å². The lowest BCUT2D eigenvalue weighted by Crippen LogP contribution is -2.22. The van der Waals surface area contributed by atoms with Gasteiger partial charge in [0, 0.05) is 70.3 Å². The Kier molecular flexibility index (Phi) is 10.6. The van der Waals surface area contributed by atoms with Crippen LogP contribution in [0, 0.1) is 5.92 Å². The molecule has 3 aromatic heterocycles. The molecule has 3 aliphatic carbocycles. The van der Waals surface area contributed by atoms with Crippen molar-refractivity contribution < 1.29 is 0 Å². The van der Waals surface area contributed by atoms with E-state index in [4.69, 9.17) is 0 Å². The van der Waals surface area contributed by atoms with E-state index in [1.54, 1.807) is 0 Å². The van der Waals surface area contributed by atoms with E-state index < -0.39 is 0 Å². The Bertz CT molecular complexity index is 5050. The lowest BCUT2D eigenvalue weighted by molar-refractivity contribution is 0.644. The van der Waals surface area contributed by atoms with Gasteiger partial charge in [-0.05, 0) is 127 Å². The summed E-state index contributed by atoms with van der Waals surface area (Å²) in [7, 11) is 0. The fourth-order valence-corrected chi connectivity index (χ4v) is 16.1. The number of benzene rings is 11. The maximum absolute atomic E-state index is 2.62. The number of hydrogen-bond acceptors (Lipinski definition) is 1. The van der Waals surface area contributed by atoms with Crippen LogP contribution in [-0.2, 0) is 6.42 Å². The molecule has 3 heteroatoms. The van der Waals surface area contributed by atoms with E-state index in [1.807, 2.05) is 11.3 Å². The zero-order valence-corrected chi connectivity index (χ0v) is 45.5. The molecule has 0 saturated carbocycles. The monoisotopic (exact) mass is 1050 g/mol. The Morgan fingerprint density at radius 1 is 0.432 bits per heavy atom. The summed E-state index contributed by atoms with van der Waals surface area (Å²) in [5.41, 5.74) is 19.9. The molecule has 2 nitrogen and oxygen atoms in total. The van der Waals surface area contributed by atoms with E-state index in [2.05, 4.69) is 282 Å². The van der Waals surface area contributed by atoms with Crippen LogP contribution >= 0.6 is 11.3 Å². The Morgan fingerprint density at radius 2 is 1.05 bits per heavy atom.